The van der Waals surface area contributed by atoms with Gasteiger partial charge in [0.1, 0.15) is 11.5 Å². The molecule has 0 saturated heterocycles. The van der Waals surface area contributed by atoms with Crippen molar-refractivity contribution in [1.29, 1.82) is 0 Å². The van der Waals surface area contributed by atoms with Crippen LogP contribution in [0.25, 0.3) is 0 Å². The Morgan fingerprint density at radius 1 is 1.00 bits per heavy atom. The first-order valence-electron chi connectivity index (χ1n) is 9.45. The Hall–Kier alpha value is -3.91. The van der Waals surface area contributed by atoms with Gasteiger partial charge in [0.15, 0.2) is 5.76 Å². The number of nitrogens with one attached hydrogen (secondary N) is 2. The largest absolute Gasteiger partial charge is 0.459 e. The first kappa shape index (κ1) is 20.4. The number of amides is 2. The third-order valence-corrected chi connectivity index (χ3v) is 5.55. The van der Waals surface area contributed by atoms with Crippen LogP contribution in [0.4, 0.5) is 10.7 Å². The van der Waals surface area contributed by atoms with E-state index in [1.54, 1.807) is 48.8 Å². The molecule has 31 heavy (non-hydrogen) atoms. The molecule has 8 heteroatoms. The molecule has 0 fully saturated rings. The van der Waals surface area contributed by atoms with Crippen LogP contribution in [-0.2, 0) is 0 Å². The van der Waals surface area contributed by atoms with Gasteiger partial charge in [-0.25, -0.2) is 0 Å². The van der Waals surface area contributed by atoms with Gasteiger partial charge in [-0.05, 0) is 73.5 Å². The third kappa shape index (κ3) is 4.81. The van der Waals surface area contributed by atoms with Gasteiger partial charge in [-0.15, -0.1) is 11.3 Å². The smallest absolute Gasteiger partial charge is 0.291 e. The third-order valence-electron chi connectivity index (χ3n) is 4.40. The van der Waals surface area contributed by atoms with Gasteiger partial charge in [-0.3, -0.25) is 14.6 Å². The van der Waals surface area contributed by atoms with Crippen LogP contribution >= 0.6 is 11.3 Å². The molecule has 4 aromatic rings. The Balaban J connectivity index is 1.44. The second-order valence-corrected chi connectivity index (χ2v) is 7.83. The number of hydrogen-bond acceptors (Lipinski definition) is 6. The lowest BCUT2D eigenvalue weighted by atomic mass is 10.2. The molecule has 0 saturated carbocycles. The molecule has 0 spiro atoms. The van der Waals surface area contributed by atoms with E-state index in [0.29, 0.717) is 27.1 Å². The number of hydrogen-bond donors (Lipinski definition) is 2. The van der Waals surface area contributed by atoms with Crippen LogP contribution < -0.4 is 15.4 Å². The molecular weight excluding hydrogens is 414 g/mol. The number of furan rings is 1. The van der Waals surface area contributed by atoms with Gasteiger partial charge in [0, 0.05) is 11.9 Å². The first-order valence-corrected chi connectivity index (χ1v) is 10.3. The maximum atomic E-state index is 12.8. The SMILES string of the molecule is Cc1cc(NC(=O)c2sc(NC(=O)c3ccco3)cc2C)ccc1Oc1cccnc1. The number of nitrogens with zero attached hydrogens (tertiary/aromatic N) is 1. The van der Waals surface area contributed by atoms with E-state index in [2.05, 4.69) is 15.6 Å². The Morgan fingerprint density at radius 3 is 2.58 bits per heavy atom. The van der Waals surface area contributed by atoms with Gasteiger partial charge in [0.2, 0.25) is 0 Å². The number of thiophene rings is 1. The number of carbonyl (C=O) groups is 2. The fourth-order valence-electron chi connectivity index (χ4n) is 2.91. The molecule has 3 aromatic heterocycles. The van der Waals surface area contributed by atoms with Gasteiger partial charge < -0.3 is 19.8 Å². The highest BCUT2D eigenvalue weighted by atomic mass is 32.1. The molecule has 2 N–H and O–H groups in total. The van der Waals surface area contributed by atoms with Crippen molar-refractivity contribution in [3.8, 4) is 11.5 Å². The number of ether oxygens (including phenoxy) is 1. The number of aromatic nitrogens is 1. The van der Waals surface area contributed by atoms with Crippen LogP contribution in [0.15, 0.2) is 71.6 Å². The molecule has 0 atom stereocenters. The number of carbonyl (C=O) groups excluding carboxylic acids is 2. The van der Waals surface area contributed by atoms with Crippen molar-refractivity contribution in [2.45, 2.75) is 13.8 Å². The highest BCUT2D eigenvalue weighted by Gasteiger charge is 2.17. The van der Waals surface area contributed by atoms with Crippen molar-refractivity contribution in [3.05, 3.63) is 89.0 Å². The van der Waals surface area contributed by atoms with Gasteiger partial charge in [0.25, 0.3) is 11.8 Å². The zero-order chi connectivity index (χ0) is 21.8. The number of anilines is 2. The number of benzene rings is 1. The van der Waals surface area contributed by atoms with Crippen LogP contribution in [0.2, 0.25) is 0 Å². The van der Waals surface area contributed by atoms with Crippen LogP contribution in [0.3, 0.4) is 0 Å². The number of aryl methyl sites for hydroxylation is 2. The topological polar surface area (TPSA) is 93.5 Å². The average Bonchev–Trinajstić information content (AvgIpc) is 3.41. The summed E-state index contributed by atoms with van der Waals surface area (Å²) in [6.45, 7) is 3.73. The highest BCUT2D eigenvalue weighted by Crippen LogP contribution is 2.30. The van der Waals surface area contributed by atoms with E-state index in [1.807, 2.05) is 26.0 Å². The van der Waals surface area contributed by atoms with Crippen LogP contribution in [-0.4, -0.2) is 16.8 Å². The quantitative estimate of drug-likeness (QED) is 0.410. The minimum absolute atomic E-state index is 0.209. The summed E-state index contributed by atoms with van der Waals surface area (Å²) in [5.74, 6) is 0.919. The van der Waals surface area contributed by atoms with Crippen molar-refractivity contribution >= 4 is 33.8 Å². The Labute approximate surface area is 182 Å². The molecule has 0 aliphatic heterocycles. The molecule has 2 amide bonds. The van der Waals surface area contributed by atoms with E-state index in [9.17, 15) is 9.59 Å². The van der Waals surface area contributed by atoms with E-state index in [-0.39, 0.29) is 17.6 Å². The normalized spacial score (nSPS) is 10.5. The number of rotatable bonds is 6. The summed E-state index contributed by atoms with van der Waals surface area (Å²) in [6.07, 6.45) is 4.75. The molecule has 0 aliphatic carbocycles. The molecule has 156 valence electrons. The fraction of sp³-hybridized carbons (Fsp3) is 0.0870. The highest BCUT2D eigenvalue weighted by molar-refractivity contribution is 7.18. The van der Waals surface area contributed by atoms with Crippen molar-refractivity contribution in [3.63, 3.8) is 0 Å². The molecule has 0 bridgehead atoms. The van der Waals surface area contributed by atoms with Crippen LogP contribution in [0.5, 0.6) is 11.5 Å². The van der Waals surface area contributed by atoms with E-state index in [0.717, 1.165) is 11.1 Å². The minimum atomic E-state index is -0.363. The summed E-state index contributed by atoms with van der Waals surface area (Å²) in [5.41, 5.74) is 2.29. The van der Waals surface area contributed by atoms with Crippen molar-refractivity contribution in [2.75, 3.05) is 10.6 Å². The van der Waals surface area contributed by atoms with E-state index >= 15 is 0 Å². The monoisotopic (exact) mass is 433 g/mol. The molecule has 0 unspecified atom stereocenters. The van der Waals surface area contributed by atoms with Gasteiger partial charge in [-0.1, -0.05) is 0 Å². The van der Waals surface area contributed by atoms with Crippen LogP contribution in [0.1, 0.15) is 31.4 Å². The van der Waals surface area contributed by atoms with Crippen molar-refractivity contribution in [1.82, 2.24) is 4.98 Å². The Bertz CT molecular complexity index is 1220. The first-order chi connectivity index (χ1) is 15.0. The second kappa shape index (κ2) is 8.85. The predicted molar refractivity (Wildman–Crippen MR) is 119 cm³/mol. The molecule has 0 radical (unpaired) electrons. The Morgan fingerprint density at radius 2 is 1.87 bits per heavy atom. The van der Waals surface area contributed by atoms with Crippen molar-refractivity contribution < 1.29 is 18.7 Å². The standard InChI is InChI=1S/C23H19N3O4S/c1-14-11-16(7-8-18(14)30-17-5-3-9-24-13-17)25-23(28)21-15(2)12-20(31-21)26-22(27)19-6-4-10-29-19/h3-13H,1-2H3,(H,25,28)(H,26,27). The summed E-state index contributed by atoms with van der Waals surface area (Å²) in [6, 6.07) is 14.0. The lowest BCUT2D eigenvalue weighted by Crippen LogP contribution is -2.11. The summed E-state index contributed by atoms with van der Waals surface area (Å²) in [4.78, 5) is 29.5. The Kier molecular flexibility index (Phi) is 5.81. The molecular formula is C23H19N3O4S. The lowest BCUT2D eigenvalue weighted by molar-refractivity contribution is 0.0995. The van der Waals surface area contributed by atoms with E-state index < -0.39 is 0 Å². The summed E-state index contributed by atoms with van der Waals surface area (Å²) < 4.78 is 10.9. The minimum Gasteiger partial charge on any atom is -0.459 e. The van der Waals surface area contributed by atoms with Crippen LogP contribution in [0, 0.1) is 13.8 Å². The van der Waals surface area contributed by atoms with Crippen molar-refractivity contribution in [2.24, 2.45) is 0 Å². The maximum absolute atomic E-state index is 12.8. The summed E-state index contributed by atoms with van der Waals surface area (Å²) in [7, 11) is 0. The fourth-order valence-corrected chi connectivity index (χ4v) is 3.88. The maximum Gasteiger partial charge on any atom is 0.291 e. The van der Waals surface area contributed by atoms with E-state index in [4.69, 9.17) is 9.15 Å². The lowest BCUT2D eigenvalue weighted by Gasteiger charge is -2.11. The van der Waals surface area contributed by atoms with Gasteiger partial charge >= 0.3 is 0 Å². The van der Waals surface area contributed by atoms with Gasteiger partial charge in [-0.2, -0.15) is 0 Å². The van der Waals surface area contributed by atoms with Gasteiger partial charge in [0.05, 0.1) is 22.3 Å². The molecule has 4 rings (SSSR count). The predicted octanol–water partition coefficient (Wildman–Crippen LogP) is 5.65. The molecule has 1 aromatic carbocycles. The molecule has 0 aliphatic rings. The molecule has 7 nitrogen and oxygen atoms in total. The molecule has 3 heterocycles. The number of pyridine rings is 1. The second-order valence-electron chi connectivity index (χ2n) is 6.78. The summed E-state index contributed by atoms with van der Waals surface area (Å²) >= 11 is 1.20. The average molecular weight is 433 g/mol. The zero-order valence-corrected chi connectivity index (χ0v) is 17.7. The summed E-state index contributed by atoms with van der Waals surface area (Å²) in [5, 5.41) is 6.22. The van der Waals surface area contributed by atoms with E-state index in [1.165, 1.54) is 17.6 Å². The zero-order valence-electron chi connectivity index (χ0n) is 16.8.